The fraction of sp³-hybridized carbons (Fsp3) is 0.562. The molecule has 7 heteroatoms. The van der Waals surface area contributed by atoms with Gasteiger partial charge in [0.15, 0.2) is 0 Å². The molecule has 2 amide bonds. The minimum atomic E-state index is -0.289. The zero-order valence-corrected chi connectivity index (χ0v) is 13.7. The molecule has 0 atom stereocenters. The lowest BCUT2D eigenvalue weighted by Gasteiger charge is -2.36. The number of nitrogens with one attached hydrogen (secondary N) is 1. The molecule has 0 aliphatic carbocycles. The number of aromatic nitrogens is 1. The Morgan fingerprint density at radius 1 is 1.22 bits per heavy atom. The van der Waals surface area contributed by atoms with E-state index in [1.807, 2.05) is 12.1 Å². The van der Waals surface area contributed by atoms with Crippen molar-refractivity contribution in [1.29, 1.82) is 0 Å². The van der Waals surface area contributed by atoms with Crippen LogP contribution in [0.3, 0.4) is 0 Å². The molecule has 7 nitrogen and oxygen atoms in total. The number of pyridine rings is 1. The molecule has 0 bridgehead atoms. The standard InChI is InChI=1S/C16H24N4O3/c1-13(2)23-15(21)5-8-18-16(22)20-11-9-19(10-12-20)14-3-6-17-7-4-14/h3-4,6-7,13H,5,8-12H2,1-2H3,(H,18,22). The van der Waals surface area contributed by atoms with E-state index < -0.39 is 0 Å². The van der Waals surface area contributed by atoms with Crippen LogP contribution in [0.4, 0.5) is 10.5 Å². The molecule has 2 heterocycles. The van der Waals surface area contributed by atoms with Gasteiger partial charge in [-0.2, -0.15) is 0 Å². The number of hydrogen-bond donors (Lipinski definition) is 1. The van der Waals surface area contributed by atoms with Crippen molar-refractivity contribution in [3.8, 4) is 0 Å². The minimum absolute atomic E-state index is 0.125. The third kappa shape index (κ3) is 5.43. The Hall–Kier alpha value is -2.31. The van der Waals surface area contributed by atoms with Gasteiger partial charge in [-0.25, -0.2) is 4.79 Å². The summed E-state index contributed by atoms with van der Waals surface area (Å²) < 4.78 is 5.02. The number of carbonyl (C=O) groups excluding carboxylic acids is 2. The fourth-order valence-electron chi connectivity index (χ4n) is 2.43. The zero-order chi connectivity index (χ0) is 16.7. The van der Waals surface area contributed by atoms with Crippen molar-refractivity contribution >= 4 is 17.7 Å². The highest BCUT2D eigenvalue weighted by Gasteiger charge is 2.21. The van der Waals surface area contributed by atoms with Crippen LogP contribution in [0.2, 0.25) is 0 Å². The second kappa shape index (κ2) is 8.36. The summed E-state index contributed by atoms with van der Waals surface area (Å²) in [7, 11) is 0. The van der Waals surface area contributed by atoms with Crippen molar-refractivity contribution in [3.63, 3.8) is 0 Å². The van der Waals surface area contributed by atoms with Crippen LogP contribution in [0, 0.1) is 0 Å². The van der Waals surface area contributed by atoms with Gasteiger partial charge in [-0.1, -0.05) is 0 Å². The number of urea groups is 1. The Balaban J connectivity index is 1.68. The summed E-state index contributed by atoms with van der Waals surface area (Å²) in [5.74, 6) is -0.289. The van der Waals surface area contributed by atoms with Crippen LogP contribution in [0.1, 0.15) is 20.3 Å². The first-order valence-corrected chi connectivity index (χ1v) is 7.93. The summed E-state index contributed by atoms with van der Waals surface area (Å²) in [6, 6.07) is 3.81. The Labute approximate surface area is 136 Å². The number of rotatable bonds is 5. The largest absolute Gasteiger partial charge is 0.463 e. The van der Waals surface area contributed by atoms with Gasteiger partial charge >= 0.3 is 12.0 Å². The molecule has 1 fully saturated rings. The summed E-state index contributed by atoms with van der Waals surface area (Å²) >= 11 is 0. The van der Waals surface area contributed by atoms with Gasteiger partial charge in [0.05, 0.1) is 12.5 Å². The molecular formula is C16H24N4O3. The summed E-state index contributed by atoms with van der Waals surface area (Å²) in [5.41, 5.74) is 1.12. The number of hydrogen-bond acceptors (Lipinski definition) is 5. The molecular weight excluding hydrogens is 296 g/mol. The van der Waals surface area contributed by atoms with E-state index in [0.717, 1.165) is 18.8 Å². The highest BCUT2D eigenvalue weighted by Crippen LogP contribution is 2.14. The predicted molar refractivity (Wildman–Crippen MR) is 87.3 cm³/mol. The van der Waals surface area contributed by atoms with Crippen molar-refractivity contribution in [2.45, 2.75) is 26.4 Å². The second-order valence-electron chi connectivity index (χ2n) is 5.70. The van der Waals surface area contributed by atoms with E-state index in [2.05, 4.69) is 15.2 Å². The van der Waals surface area contributed by atoms with Crippen LogP contribution in [0.25, 0.3) is 0 Å². The smallest absolute Gasteiger partial charge is 0.317 e. The van der Waals surface area contributed by atoms with Crippen molar-refractivity contribution < 1.29 is 14.3 Å². The van der Waals surface area contributed by atoms with Crippen molar-refractivity contribution in [2.75, 3.05) is 37.6 Å². The van der Waals surface area contributed by atoms with Crippen molar-refractivity contribution in [3.05, 3.63) is 24.5 Å². The highest BCUT2D eigenvalue weighted by atomic mass is 16.5. The Morgan fingerprint density at radius 3 is 2.48 bits per heavy atom. The number of piperazine rings is 1. The number of anilines is 1. The Morgan fingerprint density at radius 2 is 1.87 bits per heavy atom. The van der Waals surface area contributed by atoms with E-state index in [9.17, 15) is 9.59 Å². The SMILES string of the molecule is CC(C)OC(=O)CCNC(=O)N1CCN(c2ccncc2)CC1. The maximum atomic E-state index is 12.1. The summed E-state index contributed by atoms with van der Waals surface area (Å²) in [6.07, 6.45) is 3.61. The molecule has 1 saturated heterocycles. The molecule has 0 unspecified atom stereocenters. The van der Waals surface area contributed by atoms with Gasteiger partial charge in [-0.15, -0.1) is 0 Å². The average Bonchev–Trinajstić information content (AvgIpc) is 2.55. The normalized spacial score (nSPS) is 14.7. The highest BCUT2D eigenvalue weighted by molar-refractivity contribution is 5.76. The number of carbonyl (C=O) groups is 2. The van der Waals surface area contributed by atoms with Gasteiger partial charge in [0.25, 0.3) is 0 Å². The number of esters is 1. The second-order valence-corrected chi connectivity index (χ2v) is 5.70. The van der Waals surface area contributed by atoms with E-state index in [1.54, 1.807) is 31.1 Å². The van der Waals surface area contributed by atoms with Crippen LogP contribution >= 0.6 is 0 Å². The van der Waals surface area contributed by atoms with E-state index >= 15 is 0 Å². The number of ether oxygens (including phenoxy) is 1. The lowest BCUT2D eigenvalue weighted by atomic mass is 10.3. The van der Waals surface area contributed by atoms with Gasteiger partial charge in [-0.05, 0) is 26.0 Å². The van der Waals surface area contributed by atoms with E-state index in [0.29, 0.717) is 19.6 Å². The van der Waals surface area contributed by atoms with Crippen LogP contribution in [-0.2, 0) is 9.53 Å². The zero-order valence-electron chi connectivity index (χ0n) is 13.7. The lowest BCUT2D eigenvalue weighted by Crippen LogP contribution is -2.52. The lowest BCUT2D eigenvalue weighted by molar-refractivity contribution is -0.147. The fourth-order valence-corrected chi connectivity index (χ4v) is 2.43. The molecule has 1 aromatic rings. The molecule has 2 rings (SSSR count). The van der Waals surface area contributed by atoms with Crippen molar-refractivity contribution in [1.82, 2.24) is 15.2 Å². The molecule has 0 radical (unpaired) electrons. The third-order valence-corrected chi connectivity index (χ3v) is 3.57. The maximum absolute atomic E-state index is 12.1. The van der Waals surface area contributed by atoms with Crippen LogP contribution in [0.5, 0.6) is 0 Å². The molecule has 0 saturated carbocycles. The summed E-state index contributed by atoms with van der Waals surface area (Å²) in [5, 5.41) is 2.77. The first-order valence-electron chi connectivity index (χ1n) is 7.93. The summed E-state index contributed by atoms with van der Waals surface area (Å²) in [4.78, 5) is 31.5. The number of nitrogens with zero attached hydrogens (tertiary/aromatic N) is 3. The minimum Gasteiger partial charge on any atom is -0.463 e. The third-order valence-electron chi connectivity index (χ3n) is 3.57. The van der Waals surface area contributed by atoms with Gasteiger partial charge in [-0.3, -0.25) is 9.78 Å². The summed E-state index contributed by atoms with van der Waals surface area (Å²) in [6.45, 7) is 6.79. The monoisotopic (exact) mass is 320 g/mol. The molecule has 23 heavy (non-hydrogen) atoms. The molecule has 0 aromatic carbocycles. The Bertz CT molecular complexity index is 513. The first-order chi connectivity index (χ1) is 11.1. The quantitative estimate of drug-likeness (QED) is 0.827. The molecule has 1 aliphatic rings. The average molecular weight is 320 g/mol. The topological polar surface area (TPSA) is 74.8 Å². The van der Waals surface area contributed by atoms with Gasteiger partial charge < -0.3 is 19.9 Å². The molecule has 1 aromatic heterocycles. The van der Waals surface area contributed by atoms with Crippen molar-refractivity contribution in [2.24, 2.45) is 0 Å². The van der Waals surface area contributed by atoms with Crippen LogP contribution in [0.15, 0.2) is 24.5 Å². The van der Waals surface area contributed by atoms with Crippen LogP contribution in [-0.4, -0.2) is 60.7 Å². The Kier molecular flexibility index (Phi) is 6.19. The molecule has 0 spiro atoms. The first kappa shape index (κ1) is 17.1. The molecule has 126 valence electrons. The van der Waals surface area contributed by atoms with Gasteiger partial charge in [0, 0.05) is 50.8 Å². The van der Waals surface area contributed by atoms with E-state index in [4.69, 9.17) is 4.74 Å². The maximum Gasteiger partial charge on any atom is 0.317 e. The van der Waals surface area contributed by atoms with Gasteiger partial charge in [0.1, 0.15) is 0 Å². The van der Waals surface area contributed by atoms with Crippen LogP contribution < -0.4 is 10.2 Å². The number of amides is 2. The van der Waals surface area contributed by atoms with Gasteiger partial charge in [0.2, 0.25) is 0 Å². The molecule has 1 N–H and O–H groups in total. The predicted octanol–water partition coefficient (Wildman–Crippen LogP) is 1.25. The van der Waals surface area contributed by atoms with E-state index in [-0.39, 0.29) is 24.5 Å². The van der Waals surface area contributed by atoms with E-state index in [1.165, 1.54) is 0 Å². The molecule has 1 aliphatic heterocycles.